The molecule has 5 heteroatoms. The molecule has 0 rings (SSSR count). The van der Waals surface area contributed by atoms with Crippen LogP contribution in [0.4, 0.5) is 0 Å². The van der Waals surface area contributed by atoms with Gasteiger partial charge in [0.05, 0.1) is 0 Å². The van der Waals surface area contributed by atoms with E-state index in [2.05, 4.69) is 11.8 Å². The van der Waals surface area contributed by atoms with Gasteiger partial charge in [-0.3, -0.25) is 4.57 Å². The number of rotatable bonds is 3. The molecule has 9 heavy (non-hydrogen) atoms. The van der Waals surface area contributed by atoms with Crippen LogP contribution in [0.1, 0.15) is 0 Å². The highest BCUT2D eigenvalue weighted by Gasteiger charge is 2.05. The number of hydrogen-bond donors (Lipinski definition) is 1. The summed E-state index contributed by atoms with van der Waals surface area (Å²) in [5, 5.41) is 8.87. The molecular weight excluding hydrogens is 157 g/mol. The molecule has 2 unspecified atom stereocenters. The third kappa shape index (κ3) is 4.73. The van der Waals surface area contributed by atoms with E-state index in [1.165, 1.54) is 0 Å². The van der Waals surface area contributed by atoms with Crippen LogP contribution in [0.25, 0.3) is 0 Å². The molecule has 54 valence electrons. The highest BCUT2D eigenvalue weighted by Crippen LogP contribution is 2.10. The fourth-order valence-electron chi connectivity index (χ4n) is 0.393. The zero-order chi connectivity index (χ0) is 7.44. The summed E-state index contributed by atoms with van der Waals surface area (Å²) < 4.78 is 10.4. The first-order valence-corrected chi connectivity index (χ1v) is 4.84. The molecule has 0 radical (unpaired) electrons. The number of aliphatic hydroxyl groups excluding tert-OH is 1. The minimum absolute atomic E-state index is 0.374. The number of likely N-dealkylation sites (N-methyl/N-ethyl adjacent to an activating group) is 1. The van der Waals surface area contributed by atoms with Crippen LogP contribution < -0.4 is 0 Å². The van der Waals surface area contributed by atoms with E-state index in [4.69, 9.17) is 5.11 Å². The van der Waals surface area contributed by atoms with Crippen molar-refractivity contribution in [1.29, 1.82) is 0 Å². The first kappa shape index (κ1) is 9.24. The molecule has 0 bridgehead atoms. The summed E-state index contributed by atoms with van der Waals surface area (Å²) in [5.41, 5.74) is 0. The Morgan fingerprint density at radius 2 is 2.22 bits per heavy atom. The maximum Gasteiger partial charge on any atom is 0.195 e. The highest BCUT2D eigenvalue weighted by molar-refractivity contribution is 7.99. The summed E-state index contributed by atoms with van der Waals surface area (Å²) >= 11 is 4.35. The molecule has 3 nitrogen and oxygen atoms in total. The maximum atomic E-state index is 10.4. The Labute approximate surface area is 60.1 Å². The van der Waals surface area contributed by atoms with Crippen LogP contribution >= 0.6 is 6.58 Å². The fraction of sp³-hybridized carbons (Fsp3) is 1.00. The third-order valence-corrected chi connectivity index (χ3v) is 2.15. The smallest absolute Gasteiger partial charge is 0.195 e. The van der Waals surface area contributed by atoms with Crippen molar-refractivity contribution in [3.8, 4) is 0 Å². The Morgan fingerprint density at radius 1 is 1.78 bits per heavy atom. The lowest BCUT2D eigenvalue weighted by atomic mass is 10.6. The summed E-state index contributed by atoms with van der Waals surface area (Å²) in [5.74, 6) is -0.856. The lowest BCUT2D eigenvalue weighted by molar-refractivity contribution is 0.206. The van der Waals surface area contributed by atoms with Gasteiger partial charge in [-0.15, -0.1) is 0 Å². The van der Waals surface area contributed by atoms with Crippen LogP contribution in [-0.4, -0.2) is 36.5 Å². The van der Waals surface area contributed by atoms with Gasteiger partial charge in [-0.1, -0.05) is 0 Å². The van der Waals surface area contributed by atoms with Crippen molar-refractivity contribution >= 4 is 18.4 Å². The van der Waals surface area contributed by atoms with Gasteiger partial charge in [0.1, 0.15) is 5.85 Å². The van der Waals surface area contributed by atoms with Crippen molar-refractivity contribution in [2.75, 3.05) is 20.6 Å². The van der Waals surface area contributed by atoms with Gasteiger partial charge in [-0.05, 0) is 25.9 Å². The van der Waals surface area contributed by atoms with E-state index < -0.39 is 12.4 Å². The van der Waals surface area contributed by atoms with Gasteiger partial charge in [0.2, 0.25) is 0 Å². The largest absolute Gasteiger partial charge is 0.379 e. The molecule has 0 spiro atoms. The third-order valence-electron chi connectivity index (χ3n) is 0.772. The van der Waals surface area contributed by atoms with E-state index in [1.54, 1.807) is 19.0 Å². The number of aliphatic hydroxyl groups is 1. The molecule has 1 N–H and O–H groups in total. The standard InChI is InChI=1S/C4H10NO2PS/c1-5(2)3-4(6)8(7)9/h4,6H,3H2,1-2H3. The highest BCUT2D eigenvalue weighted by atomic mass is 32.4. The van der Waals surface area contributed by atoms with Gasteiger partial charge < -0.3 is 10.0 Å². The zero-order valence-electron chi connectivity index (χ0n) is 5.44. The van der Waals surface area contributed by atoms with E-state index in [9.17, 15) is 4.57 Å². The van der Waals surface area contributed by atoms with Crippen LogP contribution in [0.3, 0.4) is 0 Å². The lowest BCUT2D eigenvalue weighted by Gasteiger charge is -2.09. The molecule has 0 heterocycles. The van der Waals surface area contributed by atoms with Crippen LogP contribution in [0.15, 0.2) is 0 Å². The molecule has 0 aromatic heterocycles. The van der Waals surface area contributed by atoms with Crippen LogP contribution in [0.5, 0.6) is 0 Å². The zero-order valence-corrected chi connectivity index (χ0v) is 7.15. The first-order valence-electron chi connectivity index (χ1n) is 2.50. The topological polar surface area (TPSA) is 40.5 Å². The molecular formula is C4H10NO2PS. The SMILES string of the molecule is CN(C)CC(O)P(=O)=S. The van der Waals surface area contributed by atoms with E-state index in [1.807, 2.05) is 0 Å². The van der Waals surface area contributed by atoms with Crippen molar-refractivity contribution in [3.05, 3.63) is 0 Å². The average molecular weight is 167 g/mol. The normalized spacial score (nSPS) is 15.8. The Bertz CT molecular complexity index is 138. The van der Waals surface area contributed by atoms with E-state index in [0.717, 1.165) is 0 Å². The molecule has 0 aliphatic heterocycles. The Hall–Kier alpha value is 0.240. The summed E-state index contributed by atoms with van der Waals surface area (Å²) in [4.78, 5) is 1.74. The molecule has 0 fully saturated rings. The molecule has 0 saturated heterocycles. The molecule has 0 aliphatic rings. The second kappa shape index (κ2) is 4.12. The van der Waals surface area contributed by atoms with Gasteiger partial charge >= 0.3 is 0 Å². The van der Waals surface area contributed by atoms with Crippen LogP contribution in [-0.2, 0) is 16.4 Å². The minimum atomic E-state index is -1.85. The maximum absolute atomic E-state index is 10.4. The predicted octanol–water partition coefficient (Wildman–Crippen LogP) is 0.156. The molecule has 0 aromatic rings. The summed E-state index contributed by atoms with van der Waals surface area (Å²) in [7, 11) is 3.58. The van der Waals surface area contributed by atoms with Crippen molar-refractivity contribution in [1.82, 2.24) is 4.90 Å². The quantitative estimate of drug-likeness (QED) is 0.608. The fourth-order valence-corrected chi connectivity index (χ4v) is 1.05. The van der Waals surface area contributed by atoms with Crippen LogP contribution in [0.2, 0.25) is 0 Å². The molecule has 0 aromatic carbocycles. The van der Waals surface area contributed by atoms with Crippen LogP contribution in [0, 0.1) is 0 Å². The van der Waals surface area contributed by atoms with Crippen molar-refractivity contribution in [3.63, 3.8) is 0 Å². The van der Waals surface area contributed by atoms with E-state index in [-0.39, 0.29) is 0 Å². The number of nitrogens with zero attached hydrogens (tertiary/aromatic N) is 1. The van der Waals surface area contributed by atoms with Crippen molar-refractivity contribution in [2.24, 2.45) is 0 Å². The summed E-state index contributed by atoms with van der Waals surface area (Å²) in [6, 6.07) is 0. The lowest BCUT2D eigenvalue weighted by Crippen LogP contribution is -2.21. The first-order chi connectivity index (χ1) is 4.04. The van der Waals surface area contributed by atoms with E-state index >= 15 is 0 Å². The Balaban J connectivity index is 3.64. The predicted molar refractivity (Wildman–Crippen MR) is 39.5 cm³/mol. The van der Waals surface area contributed by atoms with Gasteiger partial charge in [0, 0.05) is 6.54 Å². The Morgan fingerprint density at radius 3 is 2.33 bits per heavy atom. The molecule has 0 saturated carbocycles. The monoisotopic (exact) mass is 167 g/mol. The summed E-state index contributed by atoms with van der Waals surface area (Å²) in [6.07, 6.45) is 0. The summed E-state index contributed by atoms with van der Waals surface area (Å²) in [6.45, 7) is -1.47. The Kier molecular flexibility index (Phi) is 4.23. The van der Waals surface area contributed by atoms with Gasteiger partial charge in [0.25, 0.3) is 0 Å². The van der Waals surface area contributed by atoms with Gasteiger partial charge in [-0.2, -0.15) is 0 Å². The van der Waals surface area contributed by atoms with Gasteiger partial charge in [0.15, 0.2) is 6.58 Å². The van der Waals surface area contributed by atoms with Gasteiger partial charge in [-0.25, -0.2) is 0 Å². The molecule has 0 amide bonds. The molecule has 0 aliphatic carbocycles. The van der Waals surface area contributed by atoms with Crippen molar-refractivity contribution in [2.45, 2.75) is 5.85 Å². The second-order valence-corrected chi connectivity index (χ2v) is 4.27. The number of hydrogen-bond acceptors (Lipinski definition) is 4. The van der Waals surface area contributed by atoms with E-state index in [0.29, 0.717) is 6.54 Å². The average Bonchev–Trinajstić information content (AvgIpc) is 1.63. The second-order valence-electron chi connectivity index (χ2n) is 2.03. The molecule has 2 atom stereocenters. The minimum Gasteiger partial charge on any atom is -0.379 e. The van der Waals surface area contributed by atoms with Crippen molar-refractivity contribution < 1.29 is 9.67 Å².